The van der Waals surface area contributed by atoms with Crippen LogP contribution < -0.4 is 5.32 Å². The average Bonchev–Trinajstić information content (AvgIpc) is 1.99. The molecule has 0 amide bonds. The van der Waals surface area contributed by atoms with Crippen molar-refractivity contribution < 1.29 is 13.9 Å². The van der Waals surface area contributed by atoms with Gasteiger partial charge >= 0.3 is 0 Å². The minimum atomic E-state index is -2.65. The van der Waals surface area contributed by atoms with Gasteiger partial charge in [0, 0.05) is 12.6 Å². The summed E-state index contributed by atoms with van der Waals surface area (Å²) in [6, 6.07) is 0.184. The van der Waals surface area contributed by atoms with E-state index in [2.05, 4.69) is 5.32 Å². The Morgan fingerprint density at radius 2 is 2.00 bits per heavy atom. The highest BCUT2D eigenvalue weighted by molar-refractivity contribution is 4.65. The molecule has 2 atom stereocenters. The van der Waals surface area contributed by atoms with Crippen LogP contribution in [0.5, 0.6) is 0 Å². The molecule has 0 aromatic carbocycles. The van der Waals surface area contributed by atoms with Crippen LogP contribution in [0.4, 0.5) is 8.78 Å². The van der Waals surface area contributed by atoms with E-state index in [1.165, 1.54) is 0 Å². The molecular formula is C7H15F2NO. The molecule has 0 aliphatic heterocycles. The van der Waals surface area contributed by atoms with Gasteiger partial charge in [-0.05, 0) is 13.3 Å². The van der Waals surface area contributed by atoms with Crippen molar-refractivity contribution in [3.63, 3.8) is 0 Å². The second-order valence-electron chi connectivity index (χ2n) is 2.62. The summed E-state index contributed by atoms with van der Waals surface area (Å²) >= 11 is 0. The summed E-state index contributed by atoms with van der Waals surface area (Å²) in [5.74, 6) is 0. The molecule has 68 valence electrons. The van der Waals surface area contributed by atoms with Crippen LogP contribution in [0, 0.1) is 0 Å². The third-order valence-corrected chi connectivity index (χ3v) is 1.58. The van der Waals surface area contributed by atoms with E-state index in [4.69, 9.17) is 5.11 Å². The minimum Gasteiger partial charge on any atom is -0.386 e. The molecule has 0 spiro atoms. The summed E-state index contributed by atoms with van der Waals surface area (Å²) < 4.78 is 23.4. The van der Waals surface area contributed by atoms with E-state index in [9.17, 15) is 8.78 Å². The van der Waals surface area contributed by atoms with E-state index in [0.717, 1.165) is 6.42 Å². The number of alkyl halides is 2. The highest BCUT2D eigenvalue weighted by Gasteiger charge is 2.16. The van der Waals surface area contributed by atoms with Crippen molar-refractivity contribution in [1.82, 2.24) is 5.32 Å². The van der Waals surface area contributed by atoms with Gasteiger partial charge in [-0.2, -0.15) is 0 Å². The maximum Gasteiger partial charge on any atom is 0.265 e. The Morgan fingerprint density at radius 3 is 2.36 bits per heavy atom. The normalized spacial score (nSPS) is 16.9. The first-order valence-corrected chi connectivity index (χ1v) is 3.77. The number of halogens is 2. The number of hydrogen-bond acceptors (Lipinski definition) is 2. The molecule has 0 radical (unpaired) electrons. The van der Waals surface area contributed by atoms with Crippen LogP contribution in [-0.2, 0) is 0 Å². The molecule has 0 bridgehead atoms. The second kappa shape index (κ2) is 5.43. The maximum absolute atomic E-state index is 11.7. The number of hydrogen-bond donors (Lipinski definition) is 2. The molecular weight excluding hydrogens is 152 g/mol. The molecule has 0 aromatic rings. The van der Waals surface area contributed by atoms with Gasteiger partial charge in [-0.1, -0.05) is 6.92 Å². The SMILES string of the molecule is CCC(C)NCC(O)C(F)F. The Balaban J connectivity index is 3.37. The number of rotatable bonds is 5. The molecule has 0 aliphatic rings. The summed E-state index contributed by atoms with van der Waals surface area (Å²) in [5.41, 5.74) is 0. The van der Waals surface area contributed by atoms with Gasteiger partial charge in [0.05, 0.1) is 0 Å². The van der Waals surface area contributed by atoms with Gasteiger partial charge in [-0.15, -0.1) is 0 Å². The summed E-state index contributed by atoms with van der Waals surface area (Å²) in [7, 11) is 0. The Morgan fingerprint density at radius 1 is 1.45 bits per heavy atom. The highest BCUT2D eigenvalue weighted by atomic mass is 19.3. The Bertz CT molecular complexity index is 100. The third kappa shape index (κ3) is 5.09. The van der Waals surface area contributed by atoms with Gasteiger partial charge in [0.25, 0.3) is 6.43 Å². The third-order valence-electron chi connectivity index (χ3n) is 1.58. The molecule has 0 aliphatic carbocycles. The lowest BCUT2D eigenvalue weighted by atomic mass is 10.2. The first-order valence-electron chi connectivity index (χ1n) is 3.77. The summed E-state index contributed by atoms with van der Waals surface area (Å²) in [4.78, 5) is 0. The topological polar surface area (TPSA) is 32.3 Å². The van der Waals surface area contributed by atoms with Crippen molar-refractivity contribution in [2.75, 3.05) is 6.54 Å². The molecule has 0 saturated heterocycles. The molecule has 0 saturated carbocycles. The fraction of sp³-hybridized carbons (Fsp3) is 1.00. The van der Waals surface area contributed by atoms with Crippen molar-refractivity contribution in [2.24, 2.45) is 0 Å². The van der Waals surface area contributed by atoms with Crippen LogP contribution in [0.2, 0.25) is 0 Å². The van der Waals surface area contributed by atoms with Crippen LogP contribution in [0.15, 0.2) is 0 Å². The van der Waals surface area contributed by atoms with Gasteiger partial charge in [-0.25, -0.2) is 8.78 Å². The predicted molar refractivity (Wildman–Crippen MR) is 39.8 cm³/mol. The fourth-order valence-electron chi connectivity index (χ4n) is 0.555. The van der Waals surface area contributed by atoms with Crippen molar-refractivity contribution >= 4 is 0 Å². The zero-order valence-electron chi connectivity index (χ0n) is 6.85. The smallest absolute Gasteiger partial charge is 0.265 e. The standard InChI is InChI=1S/C7H15F2NO/c1-3-5(2)10-4-6(11)7(8)9/h5-7,10-11H,3-4H2,1-2H3. The molecule has 4 heteroatoms. The van der Waals surface area contributed by atoms with Gasteiger partial charge in [0.2, 0.25) is 0 Å². The van der Waals surface area contributed by atoms with Gasteiger partial charge < -0.3 is 10.4 Å². The maximum atomic E-state index is 11.7. The van der Waals surface area contributed by atoms with Crippen LogP contribution in [-0.4, -0.2) is 30.2 Å². The zero-order chi connectivity index (χ0) is 8.85. The van der Waals surface area contributed by atoms with E-state index in [0.29, 0.717) is 0 Å². The number of aliphatic hydroxyl groups excluding tert-OH is 1. The minimum absolute atomic E-state index is 0.0350. The van der Waals surface area contributed by atoms with E-state index >= 15 is 0 Å². The summed E-state index contributed by atoms with van der Waals surface area (Å²) in [6.07, 6.45) is -3.31. The van der Waals surface area contributed by atoms with Crippen LogP contribution >= 0.6 is 0 Å². The Hall–Kier alpha value is -0.220. The quantitative estimate of drug-likeness (QED) is 0.640. The molecule has 0 heterocycles. The molecule has 2 nitrogen and oxygen atoms in total. The fourth-order valence-corrected chi connectivity index (χ4v) is 0.555. The molecule has 11 heavy (non-hydrogen) atoms. The molecule has 0 aromatic heterocycles. The van der Waals surface area contributed by atoms with Crippen molar-refractivity contribution in [3.05, 3.63) is 0 Å². The van der Waals surface area contributed by atoms with Gasteiger partial charge in [-0.3, -0.25) is 0 Å². The molecule has 2 N–H and O–H groups in total. The Kier molecular flexibility index (Phi) is 5.32. The summed E-state index contributed by atoms with van der Waals surface area (Å²) in [5, 5.41) is 11.4. The van der Waals surface area contributed by atoms with E-state index < -0.39 is 12.5 Å². The molecule has 0 rings (SSSR count). The number of aliphatic hydroxyl groups is 1. The monoisotopic (exact) mass is 167 g/mol. The predicted octanol–water partition coefficient (Wildman–Crippen LogP) is 1.00. The van der Waals surface area contributed by atoms with E-state index in [-0.39, 0.29) is 12.6 Å². The zero-order valence-corrected chi connectivity index (χ0v) is 6.85. The lowest BCUT2D eigenvalue weighted by Crippen LogP contribution is -2.36. The lowest BCUT2D eigenvalue weighted by Gasteiger charge is -2.14. The highest BCUT2D eigenvalue weighted by Crippen LogP contribution is 1.99. The van der Waals surface area contributed by atoms with Crippen LogP contribution in [0.3, 0.4) is 0 Å². The molecule has 0 fully saturated rings. The van der Waals surface area contributed by atoms with Crippen LogP contribution in [0.25, 0.3) is 0 Å². The van der Waals surface area contributed by atoms with E-state index in [1.807, 2.05) is 13.8 Å². The Labute approximate surface area is 65.6 Å². The number of nitrogens with one attached hydrogen (secondary N) is 1. The van der Waals surface area contributed by atoms with Crippen molar-refractivity contribution in [3.8, 4) is 0 Å². The first kappa shape index (κ1) is 10.8. The van der Waals surface area contributed by atoms with Crippen molar-refractivity contribution in [2.45, 2.75) is 38.8 Å². The molecule has 2 unspecified atom stereocenters. The summed E-state index contributed by atoms with van der Waals surface area (Å²) in [6.45, 7) is 3.80. The second-order valence-corrected chi connectivity index (χ2v) is 2.62. The van der Waals surface area contributed by atoms with E-state index in [1.54, 1.807) is 0 Å². The van der Waals surface area contributed by atoms with Crippen molar-refractivity contribution in [1.29, 1.82) is 0 Å². The lowest BCUT2D eigenvalue weighted by molar-refractivity contribution is -0.00439. The van der Waals surface area contributed by atoms with Crippen LogP contribution in [0.1, 0.15) is 20.3 Å². The largest absolute Gasteiger partial charge is 0.386 e. The van der Waals surface area contributed by atoms with Gasteiger partial charge in [0.15, 0.2) is 0 Å². The first-order chi connectivity index (χ1) is 5.07. The average molecular weight is 167 g/mol. The van der Waals surface area contributed by atoms with Gasteiger partial charge in [0.1, 0.15) is 6.10 Å².